The summed E-state index contributed by atoms with van der Waals surface area (Å²) in [6, 6.07) is 2.09. The number of aromatic carboxylic acids is 1. The molecule has 10 heteroatoms. The Bertz CT molecular complexity index is 657. The van der Waals surface area contributed by atoms with Crippen LogP contribution in [0.4, 0.5) is 18.9 Å². The number of ether oxygens (including phenoxy) is 1. The molecule has 124 valence electrons. The Morgan fingerprint density at radius 1 is 1.41 bits per heavy atom. The van der Waals surface area contributed by atoms with Gasteiger partial charge in [0, 0.05) is 12.8 Å². The topological polar surface area (TPSA) is 92.7 Å². The minimum Gasteiger partial charge on any atom is -0.478 e. The molecule has 0 heterocycles. The van der Waals surface area contributed by atoms with Crippen LogP contribution in [0.25, 0.3) is 0 Å². The summed E-state index contributed by atoms with van der Waals surface area (Å²) in [5.74, 6) is -2.21. The molecule has 1 aromatic rings. The highest BCUT2D eigenvalue weighted by Gasteiger charge is 2.35. The molecule has 0 radical (unpaired) electrons. The number of anilines is 1. The zero-order valence-electron chi connectivity index (χ0n) is 11.6. The number of benzene rings is 1. The van der Waals surface area contributed by atoms with Crippen molar-refractivity contribution in [3.8, 4) is 0 Å². The molecule has 2 N–H and O–H groups in total. The van der Waals surface area contributed by atoms with Crippen molar-refractivity contribution in [2.75, 3.05) is 17.6 Å². The summed E-state index contributed by atoms with van der Waals surface area (Å²) in [5.41, 5.74) is -2.76. The fraction of sp³-hybridized carbons (Fsp3) is 0.417. The largest absolute Gasteiger partial charge is 0.478 e. The zero-order valence-corrected chi connectivity index (χ0v) is 12.5. The molecular weight excluding hydrogens is 327 g/mol. The highest BCUT2D eigenvalue weighted by Crippen LogP contribution is 2.34. The first-order chi connectivity index (χ1) is 9.96. The highest BCUT2D eigenvalue weighted by atomic mass is 32.2. The average molecular weight is 341 g/mol. The average Bonchev–Trinajstić information content (AvgIpc) is 2.36. The third-order valence-electron chi connectivity index (χ3n) is 2.69. The number of hydrogen-bond donors (Lipinski definition) is 2. The van der Waals surface area contributed by atoms with Gasteiger partial charge in [-0.25, -0.2) is 13.2 Å². The first-order valence-electron chi connectivity index (χ1n) is 5.94. The van der Waals surface area contributed by atoms with E-state index in [1.165, 1.54) is 14.0 Å². The molecule has 0 bridgehead atoms. The summed E-state index contributed by atoms with van der Waals surface area (Å²) in [6.07, 6.45) is -5.58. The molecular formula is C12H14F3NO5S. The third kappa shape index (κ3) is 4.88. The van der Waals surface area contributed by atoms with Gasteiger partial charge in [0.05, 0.1) is 23.0 Å². The Kier molecular flexibility index (Phi) is 5.41. The summed E-state index contributed by atoms with van der Waals surface area (Å²) < 4.78 is 68.7. The van der Waals surface area contributed by atoms with Crippen molar-refractivity contribution in [2.24, 2.45) is 0 Å². The molecule has 0 aliphatic carbocycles. The lowest BCUT2D eigenvalue weighted by Gasteiger charge is -2.15. The molecule has 22 heavy (non-hydrogen) atoms. The number of rotatable bonds is 6. The van der Waals surface area contributed by atoms with E-state index in [1.807, 2.05) is 4.72 Å². The van der Waals surface area contributed by atoms with Crippen LogP contribution in [0.3, 0.4) is 0 Å². The van der Waals surface area contributed by atoms with Gasteiger partial charge in [-0.3, -0.25) is 4.72 Å². The predicted octanol–water partition coefficient (Wildman–Crippen LogP) is 2.18. The first-order valence-corrected chi connectivity index (χ1v) is 7.59. The molecule has 0 aliphatic heterocycles. The van der Waals surface area contributed by atoms with Crippen LogP contribution in [-0.4, -0.2) is 38.5 Å². The molecule has 1 atom stereocenters. The molecule has 0 spiro atoms. The maximum Gasteiger partial charge on any atom is 0.417 e. The molecule has 1 rings (SSSR count). The summed E-state index contributed by atoms with van der Waals surface area (Å²) in [7, 11) is -2.64. The first kappa shape index (κ1) is 18.2. The quantitative estimate of drug-likeness (QED) is 0.827. The second-order valence-electron chi connectivity index (χ2n) is 4.49. The lowest BCUT2D eigenvalue weighted by molar-refractivity contribution is -0.138. The van der Waals surface area contributed by atoms with E-state index in [-0.39, 0.29) is 5.69 Å². The van der Waals surface area contributed by atoms with Crippen LogP contribution in [0.2, 0.25) is 0 Å². The van der Waals surface area contributed by atoms with Gasteiger partial charge in [0.15, 0.2) is 0 Å². The standard InChI is InChI=1S/C12H14F3NO5S/c1-7(21-2)6-22(19,20)16-8-3-4-9(11(17)18)10(5-8)12(13,14)15/h3-5,7,16H,6H2,1-2H3,(H,17,18)/t7-/m1/s1. The maximum absolute atomic E-state index is 12.8. The van der Waals surface area contributed by atoms with Gasteiger partial charge >= 0.3 is 12.1 Å². The van der Waals surface area contributed by atoms with E-state index in [0.29, 0.717) is 12.1 Å². The zero-order chi connectivity index (χ0) is 17.1. The Hall–Kier alpha value is -1.81. The molecule has 0 amide bonds. The van der Waals surface area contributed by atoms with Crippen LogP contribution in [0, 0.1) is 0 Å². The minimum atomic E-state index is -4.92. The Morgan fingerprint density at radius 2 is 2.00 bits per heavy atom. The molecule has 1 aromatic carbocycles. The summed E-state index contributed by atoms with van der Waals surface area (Å²) in [5, 5.41) is 8.75. The van der Waals surface area contributed by atoms with Crippen molar-refractivity contribution < 1.29 is 36.2 Å². The molecule has 0 aliphatic rings. The predicted molar refractivity (Wildman–Crippen MR) is 72.3 cm³/mol. The van der Waals surface area contributed by atoms with E-state index in [2.05, 4.69) is 0 Å². The number of alkyl halides is 3. The number of carboxylic acids is 1. The molecule has 0 aromatic heterocycles. The number of methoxy groups -OCH3 is 1. The SMILES string of the molecule is CO[C@H](C)CS(=O)(=O)Nc1ccc(C(=O)O)c(C(F)(F)F)c1. The number of carbonyl (C=O) groups is 1. The van der Waals surface area contributed by atoms with Gasteiger partial charge in [0.25, 0.3) is 0 Å². The highest BCUT2D eigenvalue weighted by molar-refractivity contribution is 7.92. The number of nitrogens with one attached hydrogen (secondary N) is 1. The number of sulfonamides is 1. The van der Waals surface area contributed by atoms with Gasteiger partial charge in [0.2, 0.25) is 10.0 Å². The lowest BCUT2D eigenvalue weighted by atomic mass is 10.1. The lowest BCUT2D eigenvalue weighted by Crippen LogP contribution is -2.25. The fourth-order valence-electron chi connectivity index (χ4n) is 1.63. The molecule has 0 fully saturated rings. The van der Waals surface area contributed by atoms with Gasteiger partial charge < -0.3 is 9.84 Å². The number of halogens is 3. The summed E-state index contributed by atoms with van der Waals surface area (Å²) in [6.45, 7) is 1.48. The van der Waals surface area contributed by atoms with Crippen LogP contribution in [0.5, 0.6) is 0 Å². The van der Waals surface area contributed by atoms with Crippen molar-refractivity contribution in [3.05, 3.63) is 29.3 Å². The summed E-state index contributed by atoms with van der Waals surface area (Å²) >= 11 is 0. The Balaban J connectivity index is 3.16. The van der Waals surface area contributed by atoms with E-state index < -0.39 is 45.2 Å². The smallest absolute Gasteiger partial charge is 0.417 e. The van der Waals surface area contributed by atoms with E-state index in [4.69, 9.17) is 9.84 Å². The van der Waals surface area contributed by atoms with Crippen LogP contribution in [-0.2, 0) is 20.9 Å². The van der Waals surface area contributed by atoms with Crippen LogP contribution < -0.4 is 4.72 Å². The second-order valence-corrected chi connectivity index (χ2v) is 6.26. The maximum atomic E-state index is 12.8. The minimum absolute atomic E-state index is 0.374. The summed E-state index contributed by atoms with van der Waals surface area (Å²) in [4.78, 5) is 10.8. The normalized spacial score (nSPS) is 13.7. The second kappa shape index (κ2) is 6.53. The van der Waals surface area contributed by atoms with Gasteiger partial charge in [-0.05, 0) is 25.1 Å². The third-order valence-corrected chi connectivity index (χ3v) is 4.14. The van der Waals surface area contributed by atoms with Gasteiger partial charge in [-0.1, -0.05) is 0 Å². The van der Waals surface area contributed by atoms with Crippen LogP contribution in [0.15, 0.2) is 18.2 Å². The van der Waals surface area contributed by atoms with E-state index >= 15 is 0 Å². The van der Waals surface area contributed by atoms with Gasteiger partial charge in [-0.15, -0.1) is 0 Å². The Labute approximate surface area is 124 Å². The Morgan fingerprint density at radius 3 is 2.45 bits per heavy atom. The van der Waals surface area contributed by atoms with Crippen molar-refractivity contribution in [1.82, 2.24) is 0 Å². The van der Waals surface area contributed by atoms with E-state index in [9.17, 15) is 26.4 Å². The van der Waals surface area contributed by atoms with Crippen LogP contribution in [0.1, 0.15) is 22.8 Å². The molecule has 0 unspecified atom stereocenters. The fourth-order valence-corrected chi connectivity index (χ4v) is 2.95. The molecule has 0 saturated carbocycles. The van der Waals surface area contributed by atoms with Crippen molar-refractivity contribution >= 4 is 21.7 Å². The van der Waals surface area contributed by atoms with Crippen molar-refractivity contribution in [2.45, 2.75) is 19.2 Å². The van der Waals surface area contributed by atoms with E-state index in [0.717, 1.165) is 6.07 Å². The van der Waals surface area contributed by atoms with E-state index in [1.54, 1.807) is 0 Å². The molecule has 0 saturated heterocycles. The van der Waals surface area contributed by atoms with Crippen molar-refractivity contribution in [1.29, 1.82) is 0 Å². The molecule has 6 nitrogen and oxygen atoms in total. The number of hydrogen-bond acceptors (Lipinski definition) is 4. The van der Waals surface area contributed by atoms with Gasteiger partial charge in [0.1, 0.15) is 0 Å². The van der Waals surface area contributed by atoms with Gasteiger partial charge in [-0.2, -0.15) is 13.2 Å². The van der Waals surface area contributed by atoms with Crippen molar-refractivity contribution in [3.63, 3.8) is 0 Å². The van der Waals surface area contributed by atoms with Crippen LogP contribution >= 0.6 is 0 Å². The number of carboxylic acid groups (broad SMARTS) is 1. The monoisotopic (exact) mass is 341 g/mol.